The molecule has 0 aliphatic rings. The van der Waals surface area contributed by atoms with E-state index in [2.05, 4.69) is 46.9 Å². The Bertz CT molecular complexity index is 564. The van der Waals surface area contributed by atoms with Crippen molar-refractivity contribution >= 4 is 11.8 Å². The minimum absolute atomic E-state index is 0.176. The Hall–Kier alpha value is -1.71. The summed E-state index contributed by atoms with van der Waals surface area (Å²) >= 11 is 0. The van der Waals surface area contributed by atoms with E-state index in [9.17, 15) is 4.79 Å². The van der Waals surface area contributed by atoms with E-state index in [1.54, 1.807) is 0 Å². The van der Waals surface area contributed by atoms with Gasteiger partial charge >= 0.3 is 6.16 Å². The molecule has 0 fully saturated rings. The molecule has 0 radical (unpaired) electrons. The smallest absolute Gasteiger partial charge is 0.428 e. The quantitative estimate of drug-likeness (QED) is 0.561. The highest BCUT2D eigenvalue weighted by Gasteiger charge is 2.30. The van der Waals surface area contributed by atoms with Gasteiger partial charge in [0.15, 0.2) is 0 Å². The maximum atomic E-state index is 12.3. The molecular weight excluding hydrogens is 302 g/mol. The molecule has 0 amide bonds. The SMILES string of the molecule is CNc1cc(C(C)(C)C)c(OC(=O)OC(C)(C)C)c(C(C)(C)C)c1. The summed E-state index contributed by atoms with van der Waals surface area (Å²) in [7, 11) is 1.89. The average Bonchev–Trinajstić information content (AvgIpc) is 2.33. The third kappa shape index (κ3) is 5.43. The normalized spacial score (nSPS) is 12.8. The monoisotopic (exact) mass is 335 g/mol. The molecule has 24 heavy (non-hydrogen) atoms. The van der Waals surface area contributed by atoms with Crippen LogP contribution in [-0.2, 0) is 15.6 Å². The zero-order valence-corrected chi connectivity index (χ0v) is 16.9. The number of carbonyl (C=O) groups is 1. The van der Waals surface area contributed by atoms with Crippen LogP contribution in [0.3, 0.4) is 0 Å². The second-order valence-electron chi connectivity index (χ2n) is 9.22. The molecule has 1 N–H and O–H groups in total. The molecule has 0 atom stereocenters. The summed E-state index contributed by atoms with van der Waals surface area (Å²) in [4.78, 5) is 12.3. The average molecular weight is 335 g/mol. The Labute approximate surface area is 146 Å². The summed E-state index contributed by atoms with van der Waals surface area (Å²) in [6.45, 7) is 18.1. The molecule has 0 spiro atoms. The molecule has 1 aromatic carbocycles. The van der Waals surface area contributed by atoms with Crippen molar-refractivity contribution in [2.75, 3.05) is 12.4 Å². The van der Waals surface area contributed by atoms with Crippen molar-refractivity contribution in [3.05, 3.63) is 23.3 Å². The van der Waals surface area contributed by atoms with Gasteiger partial charge in [-0.2, -0.15) is 0 Å². The van der Waals surface area contributed by atoms with E-state index in [4.69, 9.17) is 9.47 Å². The van der Waals surface area contributed by atoms with Crippen LogP contribution in [-0.4, -0.2) is 18.8 Å². The standard InChI is InChI=1S/C20H33NO3/c1-18(2,3)14-11-13(21-10)12-15(19(4,5)6)16(14)23-17(22)24-20(7,8)9/h11-12,21H,1-10H3. The maximum Gasteiger partial charge on any atom is 0.514 e. The summed E-state index contributed by atoms with van der Waals surface area (Å²) in [5.41, 5.74) is 2.01. The van der Waals surface area contributed by atoms with Crippen molar-refractivity contribution in [2.45, 2.75) is 78.7 Å². The van der Waals surface area contributed by atoms with E-state index in [1.165, 1.54) is 0 Å². The highest BCUT2D eigenvalue weighted by Crippen LogP contribution is 2.42. The van der Waals surface area contributed by atoms with Crippen LogP contribution in [0, 0.1) is 0 Å². The van der Waals surface area contributed by atoms with Crippen LogP contribution in [0.25, 0.3) is 0 Å². The molecule has 0 aromatic heterocycles. The predicted molar refractivity (Wildman–Crippen MR) is 100 cm³/mol. The molecule has 0 saturated heterocycles. The highest BCUT2D eigenvalue weighted by molar-refractivity contribution is 5.69. The van der Waals surface area contributed by atoms with Crippen molar-refractivity contribution in [3.8, 4) is 5.75 Å². The van der Waals surface area contributed by atoms with Gasteiger partial charge < -0.3 is 14.8 Å². The van der Waals surface area contributed by atoms with Gasteiger partial charge in [0.2, 0.25) is 0 Å². The van der Waals surface area contributed by atoms with E-state index in [1.807, 2.05) is 40.0 Å². The first-order valence-electron chi connectivity index (χ1n) is 8.43. The minimum atomic E-state index is -0.671. The number of rotatable bonds is 2. The summed E-state index contributed by atoms with van der Waals surface area (Å²) in [6, 6.07) is 4.07. The van der Waals surface area contributed by atoms with Gasteiger partial charge in [0.25, 0.3) is 0 Å². The number of hydrogen-bond donors (Lipinski definition) is 1. The minimum Gasteiger partial charge on any atom is -0.428 e. The van der Waals surface area contributed by atoms with Gasteiger partial charge in [0, 0.05) is 23.9 Å². The van der Waals surface area contributed by atoms with Crippen LogP contribution in [0.1, 0.15) is 73.4 Å². The molecule has 1 rings (SSSR count). The Morgan fingerprint density at radius 3 is 1.58 bits per heavy atom. The van der Waals surface area contributed by atoms with Crippen LogP contribution in [0.15, 0.2) is 12.1 Å². The molecule has 0 heterocycles. The molecule has 0 unspecified atom stereocenters. The Kier molecular flexibility index (Phi) is 5.64. The van der Waals surface area contributed by atoms with E-state index in [0.717, 1.165) is 16.8 Å². The van der Waals surface area contributed by atoms with Gasteiger partial charge in [-0.1, -0.05) is 41.5 Å². The third-order valence-electron chi connectivity index (χ3n) is 3.57. The fraction of sp³-hybridized carbons (Fsp3) is 0.650. The van der Waals surface area contributed by atoms with Gasteiger partial charge in [-0.05, 0) is 43.7 Å². The third-order valence-corrected chi connectivity index (χ3v) is 3.57. The van der Waals surface area contributed by atoms with Crippen LogP contribution in [0.2, 0.25) is 0 Å². The summed E-state index contributed by atoms with van der Waals surface area (Å²) < 4.78 is 11.1. The van der Waals surface area contributed by atoms with E-state index < -0.39 is 11.8 Å². The second-order valence-corrected chi connectivity index (χ2v) is 9.22. The van der Waals surface area contributed by atoms with Crippen molar-refractivity contribution in [1.82, 2.24) is 0 Å². The zero-order valence-electron chi connectivity index (χ0n) is 16.9. The Balaban J connectivity index is 3.51. The van der Waals surface area contributed by atoms with Crippen LogP contribution in [0.4, 0.5) is 10.5 Å². The number of anilines is 1. The van der Waals surface area contributed by atoms with Crippen molar-refractivity contribution in [2.24, 2.45) is 0 Å². The molecule has 0 bridgehead atoms. The number of carbonyl (C=O) groups excluding carboxylic acids is 1. The van der Waals surface area contributed by atoms with E-state index in [-0.39, 0.29) is 10.8 Å². The zero-order chi connectivity index (χ0) is 18.9. The van der Waals surface area contributed by atoms with Gasteiger partial charge in [0.1, 0.15) is 11.4 Å². The van der Waals surface area contributed by atoms with Crippen molar-refractivity contribution in [3.63, 3.8) is 0 Å². The maximum absolute atomic E-state index is 12.3. The summed E-state index contributed by atoms with van der Waals surface area (Å²) in [5.74, 6) is 0.600. The Morgan fingerprint density at radius 1 is 0.875 bits per heavy atom. The molecular formula is C20H33NO3. The number of benzene rings is 1. The first kappa shape index (κ1) is 20.3. The lowest BCUT2D eigenvalue weighted by Gasteiger charge is -2.30. The number of nitrogens with one attached hydrogen (secondary N) is 1. The highest BCUT2D eigenvalue weighted by atomic mass is 16.7. The summed E-state index contributed by atoms with van der Waals surface area (Å²) in [6.07, 6.45) is -0.671. The first-order chi connectivity index (χ1) is 10.6. The van der Waals surface area contributed by atoms with E-state index in [0.29, 0.717) is 5.75 Å². The molecule has 0 aliphatic carbocycles. The van der Waals surface area contributed by atoms with Gasteiger partial charge in [-0.15, -0.1) is 0 Å². The fourth-order valence-corrected chi connectivity index (χ4v) is 2.35. The predicted octanol–water partition coefficient (Wildman–Crippen LogP) is 5.64. The van der Waals surface area contributed by atoms with E-state index >= 15 is 0 Å². The lowest BCUT2D eigenvalue weighted by atomic mass is 9.79. The van der Waals surface area contributed by atoms with Crippen LogP contribution >= 0.6 is 0 Å². The molecule has 0 saturated carbocycles. The second kappa shape index (κ2) is 6.66. The van der Waals surface area contributed by atoms with Crippen molar-refractivity contribution < 1.29 is 14.3 Å². The molecule has 4 nitrogen and oxygen atoms in total. The van der Waals surface area contributed by atoms with Crippen LogP contribution < -0.4 is 10.1 Å². The van der Waals surface area contributed by atoms with Crippen LogP contribution in [0.5, 0.6) is 5.75 Å². The topological polar surface area (TPSA) is 47.6 Å². The van der Waals surface area contributed by atoms with Crippen molar-refractivity contribution in [1.29, 1.82) is 0 Å². The number of ether oxygens (including phenoxy) is 2. The first-order valence-corrected chi connectivity index (χ1v) is 8.43. The largest absolute Gasteiger partial charge is 0.514 e. The van der Waals surface area contributed by atoms with Gasteiger partial charge in [-0.25, -0.2) is 4.79 Å². The molecule has 1 aromatic rings. The lowest BCUT2D eigenvalue weighted by molar-refractivity contribution is 0.0199. The lowest BCUT2D eigenvalue weighted by Crippen LogP contribution is -2.28. The molecule has 0 aliphatic heterocycles. The Morgan fingerprint density at radius 2 is 1.29 bits per heavy atom. The van der Waals surface area contributed by atoms with Gasteiger partial charge in [-0.3, -0.25) is 0 Å². The molecule has 4 heteroatoms. The fourth-order valence-electron chi connectivity index (χ4n) is 2.35. The molecule has 136 valence electrons. The number of hydrogen-bond acceptors (Lipinski definition) is 4. The van der Waals surface area contributed by atoms with Gasteiger partial charge in [0.05, 0.1) is 0 Å². The summed E-state index contributed by atoms with van der Waals surface area (Å²) in [5, 5.41) is 3.20.